The molecule has 0 heterocycles. The predicted octanol–water partition coefficient (Wildman–Crippen LogP) is -4.51. The second-order valence-electron chi connectivity index (χ2n) is 3.96. The molecule has 15 heteroatoms. The Morgan fingerprint density at radius 1 is 1.04 bits per heavy atom. The van der Waals surface area contributed by atoms with E-state index >= 15 is 0 Å². The van der Waals surface area contributed by atoms with Crippen LogP contribution in [-0.2, 0) is 13.9 Å². The molecule has 128 valence electrons. The van der Waals surface area contributed by atoms with Crippen molar-refractivity contribution < 1.29 is 87.3 Å². The summed E-state index contributed by atoms with van der Waals surface area (Å²) in [6.45, 7) is 0. The van der Waals surface area contributed by atoms with Gasteiger partial charge in [-0.3, -0.25) is 14.4 Å². The fraction of sp³-hybridized carbons (Fsp3) is 0.111. The van der Waals surface area contributed by atoms with Gasteiger partial charge in [-0.05, 0) is 12.1 Å². The van der Waals surface area contributed by atoms with Gasteiger partial charge in [-0.2, -0.15) is 0 Å². The summed E-state index contributed by atoms with van der Waals surface area (Å²) in [6.07, 6.45) is 0. The first kappa shape index (κ1) is 23.1. The van der Waals surface area contributed by atoms with E-state index in [0.717, 1.165) is 0 Å². The van der Waals surface area contributed by atoms with Gasteiger partial charge >= 0.3 is 50.9 Å². The van der Waals surface area contributed by atoms with Crippen molar-refractivity contribution in [3.8, 4) is 11.5 Å². The summed E-state index contributed by atoms with van der Waals surface area (Å²) >= 11 is 0. The van der Waals surface area contributed by atoms with Crippen LogP contribution in [0.2, 0.25) is 0 Å². The van der Waals surface area contributed by atoms with E-state index in [1.54, 1.807) is 0 Å². The van der Waals surface area contributed by atoms with Gasteiger partial charge in [0, 0.05) is 11.6 Å². The third kappa shape index (κ3) is 7.31. The molecule has 0 saturated heterocycles. The second-order valence-corrected chi connectivity index (χ2v) is 6.77. The van der Waals surface area contributed by atoms with Crippen LogP contribution in [0.15, 0.2) is 18.2 Å². The Kier molecular flexibility index (Phi) is 8.10. The SMILES string of the molecule is O=C([O-])c1cc(OC(C(=O)O)P(=O)(O)O)cc(OP(=O)(O)O)c1.[Na+]. The molecule has 0 amide bonds. The van der Waals surface area contributed by atoms with E-state index in [1.807, 2.05) is 0 Å². The molecule has 0 aromatic heterocycles. The standard InChI is InChI=1S/C9H10O12P2.Na/c10-7(11)4-1-5(3-6(2-4)21-23(17,18)19)20-9(8(12)13)22(14,15)16;/h1-3,9H,(H,10,11)(H,12,13)(H2,14,15,16)(H2,17,18,19);/q;+1/p-1. The van der Waals surface area contributed by atoms with Crippen molar-refractivity contribution in [3.63, 3.8) is 0 Å². The van der Waals surface area contributed by atoms with Crippen molar-refractivity contribution >= 4 is 27.4 Å². The zero-order valence-corrected chi connectivity index (χ0v) is 15.6. The van der Waals surface area contributed by atoms with Crippen LogP contribution in [0.4, 0.5) is 0 Å². The van der Waals surface area contributed by atoms with Gasteiger partial charge in [-0.25, -0.2) is 9.36 Å². The van der Waals surface area contributed by atoms with Gasteiger partial charge in [-0.1, -0.05) is 0 Å². The van der Waals surface area contributed by atoms with E-state index in [4.69, 9.17) is 24.7 Å². The Balaban J connectivity index is 0.00000529. The number of carboxylic acids is 2. The van der Waals surface area contributed by atoms with Crippen molar-refractivity contribution in [3.05, 3.63) is 23.8 Å². The first-order valence-electron chi connectivity index (χ1n) is 5.36. The van der Waals surface area contributed by atoms with Gasteiger partial charge in [0.25, 0.3) is 5.85 Å². The number of aromatic carboxylic acids is 1. The number of carboxylic acid groups (broad SMARTS) is 2. The summed E-state index contributed by atoms with van der Waals surface area (Å²) < 4.78 is 30.4. The van der Waals surface area contributed by atoms with Crippen LogP contribution in [-0.4, -0.2) is 42.5 Å². The van der Waals surface area contributed by atoms with E-state index in [0.29, 0.717) is 18.2 Å². The van der Waals surface area contributed by atoms with Crippen molar-refractivity contribution in [2.24, 2.45) is 0 Å². The summed E-state index contributed by atoms with van der Waals surface area (Å²) in [5, 5.41) is 19.5. The number of rotatable bonds is 7. The van der Waals surface area contributed by atoms with Crippen LogP contribution >= 0.6 is 15.4 Å². The molecule has 1 atom stereocenters. The molecule has 0 aliphatic carbocycles. The van der Waals surface area contributed by atoms with Crippen LogP contribution in [0, 0.1) is 0 Å². The Morgan fingerprint density at radius 3 is 1.92 bits per heavy atom. The summed E-state index contributed by atoms with van der Waals surface area (Å²) in [7, 11) is -10.4. The molecule has 0 fully saturated rings. The Morgan fingerprint density at radius 2 is 1.54 bits per heavy atom. The molecule has 0 bridgehead atoms. The molecule has 1 aromatic rings. The number of carbonyl (C=O) groups is 2. The summed E-state index contributed by atoms with van der Waals surface area (Å²) in [5.41, 5.74) is -0.735. The monoisotopic (exact) mass is 394 g/mol. The molecule has 5 N–H and O–H groups in total. The first-order valence-corrected chi connectivity index (χ1v) is 8.57. The molecule has 1 rings (SSSR count). The minimum Gasteiger partial charge on any atom is -0.545 e. The molecule has 0 aliphatic rings. The molecular formula is C9H9NaO12P2. The van der Waals surface area contributed by atoms with E-state index in [2.05, 4.69) is 9.26 Å². The van der Waals surface area contributed by atoms with Crippen LogP contribution < -0.4 is 43.9 Å². The molecule has 0 radical (unpaired) electrons. The van der Waals surface area contributed by atoms with Gasteiger partial charge in [-0.15, -0.1) is 0 Å². The van der Waals surface area contributed by atoms with Gasteiger partial charge in [0.05, 0.1) is 5.97 Å². The van der Waals surface area contributed by atoms with Gasteiger partial charge < -0.3 is 34.1 Å². The summed E-state index contributed by atoms with van der Waals surface area (Å²) in [4.78, 5) is 56.6. The largest absolute Gasteiger partial charge is 1.00 e. The minimum absolute atomic E-state index is 0. The quantitative estimate of drug-likeness (QED) is 0.219. The fourth-order valence-corrected chi connectivity index (χ4v) is 2.27. The van der Waals surface area contributed by atoms with E-state index in [1.165, 1.54) is 0 Å². The molecule has 1 aromatic carbocycles. The normalized spacial score (nSPS) is 12.7. The Hall–Kier alpha value is -0.940. The van der Waals surface area contributed by atoms with Gasteiger partial charge in [0.2, 0.25) is 0 Å². The second kappa shape index (κ2) is 8.43. The van der Waals surface area contributed by atoms with Crippen LogP contribution in [0.5, 0.6) is 11.5 Å². The number of phosphoric acid groups is 1. The van der Waals surface area contributed by atoms with Crippen LogP contribution in [0.3, 0.4) is 0 Å². The van der Waals surface area contributed by atoms with Gasteiger partial charge in [0.15, 0.2) is 0 Å². The fourth-order valence-electron chi connectivity index (χ4n) is 1.34. The molecule has 12 nitrogen and oxygen atoms in total. The predicted molar refractivity (Wildman–Crippen MR) is 67.5 cm³/mol. The molecule has 24 heavy (non-hydrogen) atoms. The summed E-state index contributed by atoms with van der Waals surface area (Å²) in [5.74, 6) is -8.03. The van der Waals surface area contributed by atoms with E-state index in [-0.39, 0.29) is 29.6 Å². The number of hydrogen-bond donors (Lipinski definition) is 5. The van der Waals surface area contributed by atoms with Crippen molar-refractivity contribution in [1.29, 1.82) is 0 Å². The Bertz CT molecular complexity index is 721. The number of hydrogen-bond acceptors (Lipinski definition) is 7. The maximum absolute atomic E-state index is 11.0. The number of ether oxygens (including phenoxy) is 1. The maximum Gasteiger partial charge on any atom is 1.00 e. The molecular weight excluding hydrogens is 385 g/mol. The number of aliphatic carboxylic acids is 1. The maximum atomic E-state index is 11.0. The molecule has 0 spiro atoms. The third-order valence-corrected chi connectivity index (χ3v) is 3.49. The zero-order valence-electron chi connectivity index (χ0n) is 11.8. The molecule has 0 aliphatic heterocycles. The van der Waals surface area contributed by atoms with Crippen molar-refractivity contribution in [2.75, 3.05) is 0 Å². The number of benzene rings is 1. The first-order chi connectivity index (χ1) is 10.3. The average Bonchev–Trinajstić information content (AvgIpc) is 2.31. The number of phosphoric ester groups is 1. The van der Waals surface area contributed by atoms with Crippen LogP contribution in [0.25, 0.3) is 0 Å². The topological polar surface area (TPSA) is 211 Å². The van der Waals surface area contributed by atoms with Gasteiger partial charge in [0.1, 0.15) is 11.5 Å². The molecule has 0 saturated carbocycles. The van der Waals surface area contributed by atoms with E-state index < -0.39 is 50.3 Å². The average molecular weight is 394 g/mol. The zero-order chi connectivity index (χ0) is 18.0. The number of carbonyl (C=O) groups excluding carboxylic acids is 1. The van der Waals surface area contributed by atoms with Crippen molar-refractivity contribution in [1.82, 2.24) is 0 Å². The van der Waals surface area contributed by atoms with E-state index in [9.17, 15) is 23.8 Å². The smallest absolute Gasteiger partial charge is 0.545 e. The Labute approximate surface area is 155 Å². The molecule has 1 unspecified atom stereocenters. The summed E-state index contributed by atoms with van der Waals surface area (Å²) in [6, 6.07) is 1.90. The minimum atomic E-state index is -5.27. The van der Waals surface area contributed by atoms with Crippen molar-refractivity contribution in [2.45, 2.75) is 5.85 Å². The van der Waals surface area contributed by atoms with Crippen LogP contribution in [0.1, 0.15) is 10.4 Å². The third-order valence-electron chi connectivity index (χ3n) is 2.10.